The molecular weight excluding hydrogens is 416 g/mol. The van der Waals surface area contributed by atoms with Crippen LogP contribution in [0.2, 0.25) is 0 Å². The topological polar surface area (TPSA) is 105 Å². The molecule has 0 aromatic heterocycles. The van der Waals surface area contributed by atoms with Crippen molar-refractivity contribution in [3.05, 3.63) is 29.8 Å². The van der Waals surface area contributed by atoms with E-state index in [9.17, 15) is 19.5 Å². The molecule has 3 N–H and O–H groups in total. The minimum absolute atomic E-state index is 0.0401. The first kappa shape index (κ1) is 25.2. The Morgan fingerprint density at radius 2 is 1.77 bits per heavy atom. The monoisotopic (exact) mass is 450 g/mol. The SMILES string of the molecule is COc1ccc(CC(O)CNC(=O)C2(NC(=O)[C@@H](SC(C)=O)C(C)C)CCCC2)cc1. The fourth-order valence-electron chi connectivity index (χ4n) is 3.85. The maximum Gasteiger partial charge on any atom is 0.245 e. The largest absolute Gasteiger partial charge is 0.497 e. The molecule has 2 rings (SSSR count). The smallest absolute Gasteiger partial charge is 0.245 e. The summed E-state index contributed by atoms with van der Waals surface area (Å²) >= 11 is 1.00. The lowest BCUT2D eigenvalue weighted by Gasteiger charge is -2.32. The molecule has 0 aliphatic heterocycles. The van der Waals surface area contributed by atoms with Crippen LogP contribution in [0.3, 0.4) is 0 Å². The van der Waals surface area contributed by atoms with Crippen molar-refractivity contribution in [1.29, 1.82) is 0 Å². The fourth-order valence-corrected chi connectivity index (χ4v) is 4.65. The van der Waals surface area contributed by atoms with E-state index in [1.165, 1.54) is 6.92 Å². The van der Waals surface area contributed by atoms with Crippen molar-refractivity contribution in [3.63, 3.8) is 0 Å². The minimum Gasteiger partial charge on any atom is -0.497 e. The number of carbonyl (C=O) groups excluding carboxylic acids is 3. The number of ether oxygens (including phenoxy) is 1. The molecule has 1 saturated carbocycles. The molecule has 1 aromatic rings. The lowest BCUT2D eigenvalue weighted by Crippen LogP contribution is -2.59. The molecule has 0 bridgehead atoms. The van der Waals surface area contributed by atoms with E-state index in [-0.39, 0.29) is 29.4 Å². The van der Waals surface area contributed by atoms with Crippen molar-refractivity contribution in [2.24, 2.45) is 5.92 Å². The molecule has 1 aromatic carbocycles. The molecule has 0 heterocycles. The van der Waals surface area contributed by atoms with Crippen molar-refractivity contribution in [2.75, 3.05) is 13.7 Å². The van der Waals surface area contributed by atoms with Gasteiger partial charge < -0.3 is 20.5 Å². The van der Waals surface area contributed by atoms with Crippen molar-refractivity contribution in [3.8, 4) is 5.75 Å². The van der Waals surface area contributed by atoms with E-state index in [4.69, 9.17) is 4.74 Å². The molecule has 172 valence electrons. The number of nitrogens with one attached hydrogen (secondary N) is 2. The van der Waals surface area contributed by atoms with Gasteiger partial charge in [0.25, 0.3) is 0 Å². The molecule has 1 unspecified atom stereocenters. The third-order valence-electron chi connectivity index (χ3n) is 5.54. The van der Waals surface area contributed by atoms with Crippen molar-refractivity contribution >= 4 is 28.7 Å². The number of thioether (sulfide) groups is 1. The van der Waals surface area contributed by atoms with Gasteiger partial charge in [-0.15, -0.1) is 0 Å². The molecule has 7 nitrogen and oxygen atoms in total. The predicted molar refractivity (Wildman–Crippen MR) is 122 cm³/mol. The summed E-state index contributed by atoms with van der Waals surface area (Å²) in [5.74, 6) is 0.142. The van der Waals surface area contributed by atoms with Crippen LogP contribution in [0, 0.1) is 5.92 Å². The molecule has 2 amide bonds. The molecule has 1 aliphatic rings. The summed E-state index contributed by atoms with van der Waals surface area (Å²) in [6, 6.07) is 7.41. The van der Waals surface area contributed by atoms with Gasteiger partial charge in [0.15, 0.2) is 5.12 Å². The van der Waals surface area contributed by atoms with Gasteiger partial charge in [0.2, 0.25) is 11.8 Å². The molecule has 8 heteroatoms. The molecule has 0 spiro atoms. The number of hydrogen-bond acceptors (Lipinski definition) is 6. The fraction of sp³-hybridized carbons (Fsp3) is 0.609. The quantitative estimate of drug-likeness (QED) is 0.506. The van der Waals surface area contributed by atoms with E-state index in [1.807, 2.05) is 38.1 Å². The maximum atomic E-state index is 13.0. The zero-order valence-electron chi connectivity index (χ0n) is 18.8. The van der Waals surface area contributed by atoms with Crippen LogP contribution in [-0.2, 0) is 20.8 Å². The van der Waals surface area contributed by atoms with Crippen molar-refractivity contribution in [2.45, 2.75) is 69.8 Å². The van der Waals surface area contributed by atoms with Gasteiger partial charge in [-0.1, -0.05) is 50.6 Å². The Labute approximate surface area is 188 Å². The number of rotatable bonds is 10. The van der Waals surface area contributed by atoms with Gasteiger partial charge in [-0.05, 0) is 36.5 Å². The van der Waals surface area contributed by atoms with Crippen LogP contribution in [0.25, 0.3) is 0 Å². The Hall–Kier alpha value is -2.06. The zero-order valence-corrected chi connectivity index (χ0v) is 19.6. The van der Waals surface area contributed by atoms with Gasteiger partial charge in [-0.2, -0.15) is 0 Å². The zero-order chi connectivity index (χ0) is 23.0. The Morgan fingerprint density at radius 3 is 2.29 bits per heavy atom. The lowest BCUT2D eigenvalue weighted by molar-refractivity contribution is -0.133. The van der Waals surface area contributed by atoms with Crippen LogP contribution < -0.4 is 15.4 Å². The highest BCUT2D eigenvalue weighted by Crippen LogP contribution is 2.31. The molecule has 0 radical (unpaired) electrons. The van der Waals surface area contributed by atoms with Gasteiger partial charge in [-0.25, -0.2) is 0 Å². The van der Waals surface area contributed by atoms with E-state index in [0.29, 0.717) is 19.3 Å². The van der Waals surface area contributed by atoms with E-state index in [2.05, 4.69) is 10.6 Å². The van der Waals surface area contributed by atoms with Crippen LogP contribution in [0.15, 0.2) is 24.3 Å². The third-order valence-corrected chi connectivity index (χ3v) is 6.88. The number of amides is 2. The first-order valence-electron chi connectivity index (χ1n) is 10.8. The average Bonchev–Trinajstić information content (AvgIpc) is 3.20. The molecule has 31 heavy (non-hydrogen) atoms. The normalized spacial score (nSPS) is 17.1. The van der Waals surface area contributed by atoms with Crippen molar-refractivity contribution in [1.82, 2.24) is 10.6 Å². The second-order valence-electron chi connectivity index (χ2n) is 8.47. The summed E-state index contributed by atoms with van der Waals surface area (Å²) in [4.78, 5) is 37.5. The summed E-state index contributed by atoms with van der Waals surface area (Å²) in [5.41, 5.74) is -0.0472. The van der Waals surface area contributed by atoms with Gasteiger partial charge in [-0.3, -0.25) is 14.4 Å². The summed E-state index contributed by atoms with van der Waals surface area (Å²) in [7, 11) is 1.60. The van der Waals surface area contributed by atoms with Crippen LogP contribution in [0.1, 0.15) is 52.0 Å². The summed E-state index contributed by atoms with van der Waals surface area (Å²) in [6.07, 6.45) is 2.43. The first-order chi connectivity index (χ1) is 14.7. The van der Waals surface area contributed by atoms with Gasteiger partial charge in [0.1, 0.15) is 11.3 Å². The summed E-state index contributed by atoms with van der Waals surface area (Å²) < 4.78 is 5.13. The number of methoxy groups -OCH3 is 1. The number of benzene rings is 1. The Kier molecular flexibility index (Phi) is 9.37. The highest BCUT2D eigenvalue weighted by Gasteiger charge is 2.44. The van der Waals surface area contributed by atoms with Crippen molar-refractivity contribution < 1.29 is 24.2 Å². The molecule has 1 aliphatic carbocycles. The van der Waals surface area contributed by atoms with Crippen LogP contribution in [0.5, 0.6) is 5.75 Å². The third kappa shape index (κ3) is 7.25. The number of hydrogen-bond donors (Lipinski definition) is 3. The molecule has 1 fully saturated rings. The Bertz CT molecular complexity index is 760. The summed E-state index contributed by atoms with van der Waals surface area (Å²) in [6.45, 7) is 5.31. The first-order valence-corrected chi connectivity index (χ1v) is 11.6. The van der Waals surface area contributed by atoms with Gasteiger partial charge in [0, 0.05) is 19.9 Å². The molecular formula is C23H34N2O5S. The molecule has 0 saturated heterocycles. The Morgan fingerprint density at radius 1 is 1.16 bits per heavy atom. The predicted octanol–water partition coefficient (Wildman–Crippen LogP) is 2.45. The van der Waals surface area contributed by atoms with Gasteiger partial charge in [0.05, 0.1) is 18.5 Å². The highest BCUT2D eigenvalue weighted by atomic mass is 32.2. The average molecular weight is 451 g/mol. The van der Waals surface area contributed by atoms with E-state index >= 15 is 0 Å². The molecule has 2 atom stereocenters. The second kappa shape index (κ2) is 11.5. The van der Waals surface area contributed by atoms with Crippen LogP contribution in [-0.4, -0.2) is 52.6 Å². The standard InChI is InChI=1S/C23H34N2O5S/c1-15(2)20(31-16(3)26)21(28)25-23(11-5-6-12-23)22(29)24-14-18(27)13-17-7-9-19(30-4)10-8-17/h7-10,15,18,20,27H,5-6,11-14H2,1-4H3,(H,24,29)(H,25,28)/t18?,20-/m0/s1. The van der Waals surface area contributed by atoms with Crippen LogP contribution in [0.4, 0.5) is 0 Å². The van der Waals surface area contributed by atoms with E-state index in [1.54, 1.807) is 7.11 Å². The number of carbonyl (C=O) groups is 3. The number of aliphatic hydroxyl groups is 1. The van der Waals surface area contributed by atoms with Crippen LogP contribution >= 0.6 is 11.8 Å². The van der Waals surface area contributed by atoms with E-state index < -0.39 is 16.9 Å². The minimum atomic E-state index is -0.985. The Balaban J connectivity index is 1.97. The van der Waals surface area contributed by atoms with Gasteiger partial charge >= 0.3 is 0 Å². The highest BCUT2D eigenvalue weighted by molar-refractivity contribution is 8.14. The van der Waals surface area contributed by atoms with E-state index in [0.717, 1.165) is 35.9 Å². The second-order valence-corrected chi connectivity index (χ2v) is 9.79. The number of aliphatic hydroxyl groups excluding tert-OH is 1. The lowest BCUT2D eigenvalue weighted by atomic mass is 9.95. The maximum absolute atomic E-state index is 13.0. The summed E-state index contributed by atoms with van der Waals surface area (Å²) in [5, 5.41) is 15.5.